The fraction of sp³-hybridized carbons (Fsp3) is 0.542. The second-order valence-electron chi connectivity index (χ2n) is 8.55. The summed E-state index contributed by atoms with van der Waals surface area (Å²) in [5.41, 5.74) is 3.40. The van der Waals surface area contributed by atoms with E-state index in [0.717, 1.165) is 38.2 Å². The van der Waals surface area contributed by atoms with E-state index < -0.39 is 0 Å². The van der Waals surface area contributed by atoms with E-state index in [0.29, 0.717) is 18.4 Å². The number of ether oxygens (including phenoxy) is 1. The molecule has 158 valence electrons. The van der Waals surface area contributed by atoms with Crippen molar-refractivity contribution >= 4 is 22.9 Å². The van der Waals surface area contributed by atoms with Crippen LogP contribution in [0.5, 0.6) is 0 Å². The average molecular weight is 415 g/mol. The monoisotopic (exact) mass is 414 g/mol. The maximum Gasteiger partial charge on any atom is 0.238 e. The molecule has 1 aromatic heterocycles. The molecular formula is C24H34N2O2S. The van der Waals surface area contributed by atoms with Gasteiger partial charge in [0.1, 0.15) is 0 Å². The Hall–Kier alpha value is -1.69. The highest BCUT2D eigenvalue weighted by Crippen LogP contribution is 2.32. The minimum Gasteiger partial charge on any atom is -0.377 e. The Balaban J connectivity index is 1.74. The molecule has 0 spiro atoms. The van der Waals surface area contributed by atoms with E-state index in [1.807, 2.05) is 0 Å². The molecule has 1 amide bonds. The van der Waals surface area contributed by atoms with Crippen LogP contribution in [0.15, 0.2) is 35.7 Å². The van der Waals surface area contributed by atoms with Crippen molar-refractivity contribution in [3.8, 4) is 0 Å². The zero-order valence-electron chi connectivity index (χ0n) is 18.1. The Labute approximate surface area is 179 Å². The van der Waals surface area contributed by atoms with E-state index in [1.165, 1.54) is 16.0 Å². The Bertz CT molecular complexity index is 754. The highest BCUT2D eigenvalue weighted by Gasteiger charge is 2.22. The topological polar surface area (TPSA) is 41.6 Å². The molecule has 2 heterocycles. The number of amides is 1. The summed E-state index contributed by atoms with van der Waals surface area (Å²) in [5.74, 6) is 0.769. The van der Waals surface area contributed by atoms with E-state index in [9.17, 15) is 4.79 Å². The minimum atomic E-state index is 0.0505. The fourth-order valence-electron chi connectivity index (χ4n) is 3.96. The molecule has 29 heavy (non-hydrogen) atoms. The van der Waals surface area contributed by atoms with Crippen LogP contribution in [-0.4, -0.2) is 36.6 Å². The van der Waals surface area contributed by atoms with Crippen LogP contribution in [0.3, 0.4) is 0 Å². The second-order valence-corrected chi connectivity index (χ2v) is 9.59. The number of nitrogens with zero attached hydrogens (tertiary/aromatic N) is 1. The van der Waals surface area contributed by atoms with Gasteiger partial charge >= 0.3 is 0 Å². The molecule has 0 radical (unpaired) electrons. The molecule has 1 saturated heterocycles. The predicted molar refractivity (Wildman–Crippen MR) is 122 cm³/mol. The lowest BCUT2D eigenvalue weighted by Gasteiger charge is -2.25. The SMILES string of the molecule is CC(C)c1cccc(C(C)C)c1NC(=O)CN(Cc1cccs1)C[C@@H]1CCCO1. The van der Waals surface area contributed by atoms with Gasteiger partial charge in [0.15, 0.2) is 0 Å². The predicted octanol–water partition coefficient (Wildman–Crippen LogP) is 5.61. The number of benzene rings is 1. The van der Waals surface area contributed by atoms with E-state index in [-0.39, 0.29) is 12.0 Å². The van der Waals surface area contributed by atoms with Gasteiger partial charge in [-0.1, -0.05) is 52.0 Å². The first-order valence-electron chi connectivity index (χ1n) is 10.7. The largest absolute Gasteiger partial charge is 0.377 e. The average Bonchev–Trinajstić information content (AvgIpc) is 3.35. The number of hydrogen-bond donors (Lipinski definition) is 1. The molecule has 0 saturated carbocycles. The van der Waals surface area contributed by atoms with Gasteiger partial charge in [-0.15, -0.1) is 11.3 Å². The first-order chi connectivity index (χ1) is 13.9. The number of para-hydroxylation sites is 1. The summed E-state index contributed by atoms with van der Waals surface area (Å²) in [7, 11) is 0. The van der Waals surface area contributed by atoms with Crippen molar-refractivity contribution in [1.29, 1.82) is 0 Å². The van der Waals surface area contributed by atoms with Crippen molar-refractivity contribution in [3.05, 3.63) is 51.7 Å². The molecule has 0 aliphatic carbocycles. The summed E-state index contributed by atoms with van der Waals surface area (Å²) in [6, 6.07) is 10.6. The minimum absolute atomic E-state index is 0.0505. The number of rotatable bonds is 9. The molecule has 0 unspecified atom stereocenters. The maximum atomic E-state index is 13.1. The highest BCUT2D eigenvalue weighted by atomic mass is 32.1. The number of thiophene rings is 1. The molecule has 2 aromatic rings. The third-order valence-corrected chi connectivity index (χ3v) is 6.31. The van der Waals surface area contributed by atoms with Crippen LogP contribution in [0.25, 0.3) is 0 Å². The van der Waals surface area contributed by atoms with Crippen LogP contribution < -0.4 is 5.32 Å². The summed E-state index contributed by atoms with van der Waals surface area (Å²) >= 11 is 1.74. The number of hydrogen-bond acceptors (Lipinski definition) is 4. The highest BCUT2D eigenvalue weighted by molar-refractivity contribution is 7.09. The standard InChI is InChI=1S/C24H34N2O2S/c1-17(2)21-10-5-11-22(18(3)4)24(21)25-23(27)16-26(14-19-8-6-12-28-19)15-20-9-7-13-29-20/h5,7,9-11,13,17-19H,6,8,12,14-16H2,1-4H3,(H,25,27)/t19-/m0/s1. The van der Waals surface area contributed by atoms with Crippen LogP contribution in [0.1, 0.15) is 68.4 Å². The van der Waals surface area contributed by atoms with Gasteiger partial charge in [0.25, 0.3) is 0 Å². The molecule has 0 bridgehead atoms. The van der Waals surface area contributed by atoms with Gasteiger partial charge in [0.05, 0.1) is 12.6 Å². The lowest BCUT2D eigenvalue weighted by atomic mass is 9.92. The van der Waals surface area contributed by atoms with E-state index in [4.69, 9.17) is 4.74 Å². The molecule has 5 heteroatoms. The molecule has 1 N–H and O–H groups in total. The molecule has 1 aliphatic rings. The van der Waals surface area contributed by atoms with Gasteiger partial charge < -0.3 is 10.1 Å². The molecule has 1 atom stereocenters. The van der Waals surface area contributed by atoms with Gasteiger partial charge in [0.2, 0.25) is 5.91 Å². The van der Waals surface area contributed by atoms with Gasteiger partial charge in [-0.2, -0.15) is 0 Å². The molecule has 4 nitrogen and oxygen atoms in total. The van der Waals surface area contributed by atoms with Crippen molar-refractivity contribution in [3.63, 3.8) is 0 Å². The van der Waals surface area contributed by atoms with Crippen LogP contribution in [-0.2, 0) is 16.1 Å². The van der Waals surface area contributed by atoms with Crippen molar-refractivity contribution < 1.29 is 9.53 Å². The molecule has 3 rings (SSSR count). The van der Waals surface area contributed by atoms with E-state index in [1.54, 1.807) is 11.3 Å². The van der Waals surface area contributed by atoms with Crippen LogP contribution in [0.4, 0.5) is 5.69 Å². The lowest BCUT2D eigenvalue weighted by molar-refractivity contribution is -0.117. The Morgan fingerprint density at radius 3 is 2.45 bits per heavy atom. The first-order valence-corrected chi connectivity index (χ1v) is 11.6. The summed E-state index contributed by atoms with van der Waals surface area (Å²) in [4.78, 5) is 16.6. The normalized spacial score (nSPS) is 16.9. The molecule has 1 aromatic carbocycles. The molecule has 1 fully saturated rings. The van der Waals surface area contributed by atoms with Gasteiger partial charge in [-0.3, -0.25) is 9.69 Å². The Kier molecular flexibility index (Phi) is 7.87. The Morgan fingerprint density at radius 1 is 1.17 bits per heavy atom. The van der Waals surface area contributed by atoms with Crippen LogP contribution in [0, 0.1) is 0 Å². The van der Waals surface area contributed by atoms with Gasteiger partial charge in [0, 0.05) is 30.3 Å². The lowest BCUT2D eigenvalue weighted by Crippen LogP contribution is -2.38. The van der Waals surface area contributed by atoms with Crippen molar-refractivity contribution in [2.75, 3.05) is 25.0 Å². The number of carbonyl (C=O) groups excluding carboxylic acids is 1. The molecular weight excluding hydrogens is 380 g/mol. The summed E-state index contributed by atoms with van der Waals surface area (Å²) in [5, 5.41) is 5.35. The first kappa shape index (κ1) is 22.0. The second kappa shape index (κ2) is 10.4. The van der Waals surface area contributed by atoms with Gasteiger partial charge in [-0.25, -0.2) is 0 Å². The van der Waals surface area contributed by atoms with E-state index in [2.05, 4.69) is 73.6 Å². The third-order valence-electron chi connectivity index (χ3n) is 5.45. The summed E-state index contributed by atoms with van der Waals surface area (Å²) in [6.45, 7) is 11.5. The third kappa shape index (κ3) is 6.14. The zero-order chi connectivity index (χ0) is 20.8. The van der Waals surface area contributed by atoms with E-state index >= 15 is 0 Å². The summed E-state index contributed by atoms with van der Waals surface area (Å²) < 4.78 is 5.83. The van der Waals surface area contributed by atoms with Gasteiger partial charge in [-0.05, 0) is 47.3 Å². The maximum absolute atomic E-state index is 13.1. The number of carbonyl (C=O) groups is 1. The zero-order valence-corrected chi connectivity index (χ0v) is 18.9. The van der Waals surface area contributed by atoms with Crippen LogP contribution >= 0.6 is 11.3 Å². The van der Waals surface area contributed by atoms with Crippen molar-refractivity contribution in [2.24, 2.45) is 0 Å². The smallest absolute Gasteiger partial charge is 0.238 e. The van der Waals surface area contributed by atoms with Crippen molar-refractivity contribution in [1.82, 2.24) is 4.90 Å². The quantitative estimate of drug-likeness (QED) is 0.579. The number of nitrogens with one attached hydrogen (secondary N) is 1. The molecule has 1 aliphatic heterocycles. The Morgan fingerprint density at radius 2 is 1.90 bits per heavy atom. The number of anilines is 1. The van der Waals surface area contributed by atoms with Crippen LogP contribution in [0.2, 0.25) is 0 Å². The summed E-state index contributed by atoms with van der Waals surface area (Å²) in [6.07, 6.45) is 2.43. The van der Waals surface area contributed by atoms with Crippen molar-refractivity contribution in [2.45, 2.75) is 65.0 Å². The fourth-order valence-corrected chi connectivity index (χ4v) is 4.71.